The van der Waals surface area contributed by atoms with E-state index in [2.05, 4.69) is 55.0 Å². The number of rotatable bonds is 5. The maximum Gasteiger partial charge on any atom is 0.204 e. The topological polar surface area (TPSA) is 3.01 Å². The van der Waals surface area contributed by atoms with Crippen LogP contribution in [-0.2, 0) is 0 Å². The summed E-state index contributed by atoms with van der Waals surface area (Å²) in [5, 5.41) is 0.520. The largest absolute Gasteiger partial charge is 0.216 e. The van der Waals surface area contributed by atoms with Crippen molar-refractivity contribution in [2.24, 2.45) is 11.3 Å². The average Bonchev–Trinajstić information content (AvgIpc) is 2.78. The molecule has 0 radical (unpaired) electrons. The minimum atomic E-state index is 0.416. The average molecular weight is 345 g/mol. The molecular formula is C22H34NS+. The van der Waals surface area contributed by atoms with Crippen molar-refractivity contribution in [3.05, 3.63) is 11.6 Å². The van der Waals surface area contributed by atoms with Gasteiger partial charge in [-0.25, -0.2) is 4.58 Å². The van der Waals surface area contributed by atoms with E-state index >= 15 is 0 Å². The maximum absolute atomic E-state index is 3.69. The van der Waals surface area contributed by atoms with Gasteiger partial charge in [0.25, 0.3) is 0 Å². The Morgan fingerprint density at radius 3 is 2.88 bits per heavy atom. The second-order valence-corrected chi connectivity index (χ2v) is 9.17. The fourth-order valence-corrected chi connectivity index (χ4v) is 5.98. The van der Waals surface area contributed by atoms with Crippen molar-refractivity contribution in [2.75, 3.05) is 12.4 Å². The molecular weight excluding hydrogens is 310 g/mol. The van der Waals surface area contributed by atoms with Crippen molar-refractivity contribution < 1.29 is 4.58 Å². The van der Waals surface area contributed by atoms with E-state index < -0.39 is 0 Å². The van der Waals surface area contributed by atoms with Gasteiger partial charge >= 0.3 is 0 Å². The first kappa shape index (κ1) is 18.1. The first-order chi connectivity index (χ1) is 11.7. The van der Waals surface area contributed by atoms with Gasteiger partial charge in [-0.2, -0.15) is 0 Å². The smallest absolute Gasteiger partial charge is 0.204 e. The molecule has 1 aliphatic heterocycles. The van der Waals surface area contributed by atoms with Crippen LogP contribution in [0.15, 0.2) is 11.6 Å². The molecule has 3 aliphatic rings. The van der Waals surface area contributed by atoms with E-state index in [9.17, 15) is 0 Å². The number of hydrogen-bond acceptors (Lipinski definition) is 1. The zero-order valence-electron chi connectivity index (χ0n) is 15.9. The van der Waals surface area contributed by atoms with Crippen LogP contribution in [0.25, 0.3) is 0 Å². The Kier molecular flexibility index (Phi) is 6.14. The standard InChI is InChI=1S/C22H34NS/c1-4-5-10-19(3)23-15-7-12-21(24-17-23)22(13-8-14-22)20-11-6-9-18(2)16-20/h16,18,21H,4-6,8-11,13-15,17H2,1-3H3/q+1/b23-19-. The Labute approximate surface area is 153 Å². The molecule has 2 heteroatoms. The lowest BCUT2D eigenvalue weighted by Gasteiger charge is -2.48. The predicted octanol–water partition coefficient (Wildman–Crippen LogP) is 5.64. The lowest BCUT2D eigenvalue weighted by atomic mass is 9.59. The summed E-state index contributed by atoms with van der Waals surface area (Å²) in [4.78, 5) is 0. The van der Waals surface area contributed by atoms with Crippen molar-refractivity contribution >= 4 is 17.5 Å². The monoisotopic (exact) mass is 344 g/mol. The third kappa shape index (κ3) is 3.77. The molecule has 0 aromatic heterocycles. The van der Waals surface area contributed by atoms with Crippen molar-refractivity contribution in [1.82, 2.24) is 0 Å². The fraction of sp³-hybridized carbons (Fsp3) is 0.773. The van der Waals surface area contributed by atoms with Crippen molar-refractivity contribution in [2.45, 2.75) is 83.8 Å². The van der Waals surface area contributed by atoms with Crippen LogP contribution in [0, 0.1) is 23.2 Å². The first-order valence-electron chi connectivity index (χ1n) is 10.0. The Hall–Kier alpha value is -0.680. The zero-order chi connectivity index (χ0) is 17.0. The molecule has 24 heavy (non-hydrogen) atoms. The van der Waals surface area contributed by atoms with Crippen LogP contribution in [0.4, 0.5) is 0 Å². The molecule has 1 saturated carbocycles. The lowest BCUT2D eigenvalue weighted by Crippen LogP contribution is -2.42. The van der Waals surface area contributed by atoms with Crippen LogP contribution in [0.1, 0.15) is 78.6 Å². The summed E-state index contributed by atoms with van der Waals surface area (Å²) in [5.74, 6) is 9.12. The molecule has 0 N–H and O–H groups in total. The van der Waals surface area contributed by atoms with Gasteiger partial charge in [0.05, 0.1) is 5.25 Å². The fourth-order valence-electron chi connectivity index (χ4n) is 4.47. The molecule has 132 valence electrons. The van der Waals surface area contributed by atoms with Crippen LogP contribution in [0.3, 0.4) is 0 Å². The predicted molar refractivity (Wildman–Crippen MR) is 107 cm³/mol. The number of hydrogen-bond donors (Lipinski definition) is 0. The van der Waals surface area contributed by atoms with Gasteiger partial charge in [0.1, 0.15) is 0 Å². The second kappa shape index (κ2) is 8.13. The van der Waals surface area contributed by atoms with Crippen LogP contribution in [-0.4, -0.2) is 28.0 Å². The minimum Gasteiger partial charge on any atom is -0.216 e. The highest BCUT2D eigenvalue weighted by molar-refractivity contribution is 8.00. The highest BCUT2D eigenvalue weighted by Crippen LogP contribution is 2.56. The Balaban J connectivity index is 1.74. The molecule has 3 rings (SSSR count). The molecule has 0 aromatic rings. The normalized spacial score (nSPS) is 31.2. The molecule has 0 amide bonds. The van der Waals surface area contributed by atoms with Gasteiger partial charge < -0.3 is 0 Å². The quantitative estimate of drug-likeness (QED) is 0.354. The number of nitrogens with zero attached hydrogens (tertiary/aromatic N) is 1. The molecule has 1 heterocycles. The van der Waals surface area contributed by atoms with E-state index in [4.69, 9.17) is 0 Å². The summed E-state index contributed by atoms with van der Waals surface area (Å²) in [7, 11) is 0. The second-order valence-electron chi connectivity index (χ2n) is 8.10. The van der Waals surface area contributed by atoms with E-state index in [1.54, 1.807) is 5.57 Å². The molecule has 0 spiro atoms. The van der Waals surface area contributed by atoms with Gasteiger partial charge in [0.2, 0.25) is 6.54 Å². The third-order valence-corrected chi connectivity index (χ3v) is 7.67. The molecule has 1 nitrogen and oxygen atoms in total. The van der Waals surface area contributed by atoms with Crippen molar-refractivity contribution in [3.8, 4) is 11.8 Å². The zero-order valence-corrected chi connectivity index (χ0v) is 16.7. The van der Waals surface area contributed by atoms with Gasteiger partial charge in [-0.1, -0.05) is 56.0 Å². The molecule has 2 unspecified atom stereocenters. The van der Waals surface area contributed by atoms with Crippen LogP contribution < -0.4 is 0 Å². The molecule has 2 atom stereocenters. The van der Waals surface area contributed by atoms with Gasteiger partial charge in [-0.15, -0.1) is 0 Å². The van der Waals surface area contributed by atoms with E-state index in [1.165, 1.54) is 63.5 Å². The SMILES string of the molecule is CCCC/C(C)=[N+]1/CC#CC(C2(C3=CC(C)CCC3)CCC2)SC1. The van der Waals surface area contributed by atoms with Crippen LogP contribution >= 0.6 is 11.8 Å². The minimum absolute atomic E-state index is 0.416. The van der Waals surface area contributed by atoms with Gasteiger partial charge in [0.15, 0.2) is 11.6 Å². The Bertz CT molecular complexity index is 571. The summed E-state index contributed by atoms with van der Waals surface area (Å²) in [6.45, 7) is 7.91. The van der Waals surface area contributed by atoms with E-state index in [0.29, 0.717) is 10.7 Å². The number of unbranched alkanes of at least 4 members (excludes halogenated alkanes) is 1. The van der Waals surface area contributed by atoms with E-state index in [1.807, 2.05) is 0 Å². The summed E-state index contributed by atoms with van der Waals surface area (Å²) >= 11 is 2.12. The molecule has 0 saturated heterocycles. The summed E-state index contributed by atoms with van der Waals surface area (Å²) in [6, 6.07) is 0. The van der Waals surface area contributed by atoms with Crippen molar-refractivity contribution in [3.63, 3.8) is 0 Å². The van der Waals surface area contributed by atoms with Crippen LogP contribution in [0.5, 0.6) is 0 Å². The number of allylic oxidation sites excluding steroid dienone is 2. The molecule has 2 aliphatic carbocycles. The van der Waals surface area contributed by atoms with E-state index in [-0.39, 0.29) is 0 Å². The van der Waals surface area contributed by atoms with Gasteiger partial charge in [-0.05, 0) is 50.4 Å². The first-order valence-corrected chi connectivity index (χ1v) is 11.1. The Morgan fingerprint density at radius 2 is 2.21 bits per heavy atom. The highest BCUT2D eigenvalue weighted by atomic mass is 32.2. The maximum atomic E-state index is 3.69. The van der Waals surface area contributed by atoms with Crippen molar-refractivity contribution in [1.29, 1.82) is 0 Å². The van der Waals surface area contributed by atoms with Gasteiger partial charge in [0, 0.05) is 18.8 Å². The lowest BCUT2D eigenvalue weighted by molar-refractivity contribution is -0.495. The number of thioether (sulfide) groups is 1. The third-order valence-electron chi connectivity index (χ3n) is 6.31. The van der Waals surface area contributed by atoms with Gasteiger partial charge in [-0.3, -0.25) is 0 Å². The molecule has 0 bridgehead atoms. The summed E-state index contributed by atoms with van der Waals surface area (Å²) in [6.07, 6.45) is 14.7. The van der Waals surface area contributed by atoms with E-state index in [0.717, 1.165) is 18.3 Å². The Morgan fingerprint density at radius 1 is 1.38 bits per heavy atom. The van der Waals surface area contributed by atoms with Crippen LogP contribution in [0.2, 0.25) is 0 Å². The highest BCUT2D eigenvalue weighted by Gasteiger charge is 2.47. The summed E-state index contributed by atoms with van der Waals surface area (Å²) in [5.41, 5.74) is 3.71. The summed E-state index contributed by atoms with van der Waals surface area (Å²) < 4.78 is 2.53. The molecule has 1 fully saturated rings. The molecule has 0 aromatic carbocycles.